The van der Waals surface area contributed by atoms with Gasteiger partial charge in [0, 0.05) is 11.4 Å². The first-order valence-electron chi connectivity index (χ1n) is 8.97. The minimum Gasteiger partial charge on any atom is -0.459 e. The second kappa shape index (κ2) is 9.24. The van der Waals surface area contributed by atoms with Crippen molar-refractivity contribution in [3.8, 4) is 0 Å². The molecule has 0 aliphatic heterocycles. The molecule has 0 aliphatic rings. The van der Waals surface area contributed by atoms with Gasteiger partial charge in [0.2, 0.25) is 5.91 Å². The van der Waals surface area contributed by atoms with Crippen LogP contribution >= 0.6 is 11.6 Å². The molecular weight excluding hydrogens is 376 g/mol. The standard InChI is InChI=1S/C22H21ClN2O3/c1-15(17-9-5-10-18(23)14-17)24-21(26)19(13-16-7-3-2-4-8-16)25-22(27)20-11-6-12-28-20/h2-12,14-15,19H,13H2,1H3,(H,24,26)(H,25,27). The van der Waals surface area contributed by atoms with Gasteiger partial charge in [0.1, 0.15) is 6.04 Å². The number of carbonyl (C=O) groups is 2. The van der Waals surface area contributed by atoms with E-state index in [-0.39, 0.29) is 17.7 Å². The zero-order chi connectivity index (χ0) is 19.9. The molecule has 2 aromatic carbocycles. The van der Waals surface area contributed by atoms with E-state index >= 15 is 0 Å². The van der Waals surface area contributed by atoms with Gasteiger partial charge in [0.25, 0.3) is 5.91 Å². The lowest BCUT2D eigenvalue weighted by molar-refractivity contribution is -0.123. The quantitative estimate of drug-likeness (QED) is 0.630. The van der Waals surface area contributed by atoms with Gasteiger partial charge in [-0.05, 0) is 42.3 Å². The summed E-state index contributed by atoms with van der Waals surface area (Å²) < 4.78 is 5.13. The number of halogens is 1. The fraction of sp³-hybridized carbons (Fsp3) is 0.182. The summed E-state index contributed by atoms with van der Waals surface area (Å²) in [5, 5.41) is 6.32. The van der Waals surface area contributed by atoms with Gasteiger partial charge < -0.3 is 15.1 Å². The summed E-state index contributed by atoms with van der Waals surface area (Å²) in [4.78, 5) is 25.3. The van der Waals surface area contributed by atoms with Crippen LogP contribution in [0, 0.1) is 0 Å². The molecule has 3 rings (SSSR count). The zero-order valence-corrected chi connectivity index (χ0v) is 16.1. The zero-order valence-electron chi connectivity index (χ0n) is 15.4. The van der Waals surface area contributed by atoms with Crippen LogP contribution in [0.2, 0.25) is 5.02 Å². The van der Waals surface area contributed by atoms with Crippen LogP contribution in [0.5, 0.6) is 0 Å². The highest BCUT2D eigenvalue weighted by atomic mass is 35.5. The van der Waals surface area contributed by atoms with Crippen molar-refractivity contribution < 1.29 is 14.0 Å². The highest BCUT2D eigenvalue weighted by Crippen LogP contribution is 2.17. The van der Waals surface area contributed by atoms with Crippen LogP contribution in [0.3, 0.4) is 0 Å². The average Bonchev–Trinajstić information content (AvgIpc) is 3.23. The van der Waals surface area contributed by atoms with E-state index < -0.39 is 11.9 Å². The molecular formula is C22H21ClN2O3. The van der Waals surface area contributed by atoms with Crippen LogP contribution < -0.4 is 10.6 Å². The van der Waals surface area contributed by atoms with Crippen molar-refractivity contribution in [2.24, 2.45) is 0 Å². The number of nitrogens with one attached hydrogen (secondary N) is 2. The normalized spacial score (nSPS) is 12.8. The van der Waals surface area contributed by atoms with Crippen molar-refractivity contribution in [1.29, 1.82) is 0 Å². The van der Waals surface area contributed by atoms with Crippen molar-refractivity contribution in [3.63, 3.8) is 0 Å². The number of hydrogen-bond donors (Lipinski definition) is 2. The van der Waals surface area contributed by atoms with Crippen molar-refractivity contribution in [2.45, 2.75) is 25.4 Å². The molecule has 144 valence electrons. The van der Waals surface area contributed by atoms with Gasteiger partial charge in [-0.1, -0.05) is 54.1 Å². The Bertz CT molecular complexity index is 926. The summed E-state index contributed by atoms with van der Waals surface area (Å²) in [6, 6.07) is 19.0. The maximum atomic E-state index is 12.9. The van der Waals surface area contributed by atoms with Gasteiger partial charge in [0.05, 0.1) is 12.3 Å². The van der Waals surface area contributed by atoms with Crippen LogP contribution in [0.4, 0.5) is 0 Å². The number of hydrogen-bond acceptors (Lipinski definition) is 3. The molecule has 0 fully saturated rings. The Balaban J connectivity index is 1.74. The second-order valence-electron chi connectivity index (χ2n) is 6.48. The first-order valence-corrected chi connectivity index (χ1v) is 9.35. The molecule has 0 aliphatic carbocycles. The molecule has 0 saturated carbocycles. The van der Waals surface area contributed by atoms with Crippen molar-refractivity contribution in [3.05, 3.63) is 94.9 Å². The van der Waals surface area contributed by atoms with Crippen LogP contribution in [0.25, 0.3) is 0 Å². The van der Waals surface area contributed by atoms with Crippen LogP contribution in [-0.4, -0.2) is 17.9 Å². The minimum atomic E-state index is -0.748. The van der Waals surface area contributed by atoms with E-state index in [2.05, 4.69) is 10.6 Å². The number of rotatable bonds is 7. The molecule has 0 saturated heterocycles. The van der Waals surface area contributed by atoms with Gasteiger partial charge in [-0.2, -0.15) is 0 Å². The topological polar surface area (TPSA) is 71.3 Å². The van der Waals surface area contributed by atoms with E-state index in [0.29, 0.717) is 11.4 Å². The van der Waals surface area contributed by atoms with Crippen LogP contribution in [0.1, 0.15) is 34.6 Å². The Morgan fingerprint density at radius 3 is 2.46 bits per heavy atom. The fourth-order valence-electron chi connectivity index (χ4n) is 2.87. The maximum Gasteiger partial charge on any atom is 0.287 e. The lowest BCUT2D eigenvalue weighted by Crippen LogP contribution is -2.48. The summed E-state index contributed by atoms with van der Waals surface area (Å²) in [5.74, 6) is -0.554. The fourth-order valence-corrected chi connectivity index (χ4v) is 3.07. The van der Waals surface area contributed by atoms with Crippen molar-refractivity contribution >= 4 is 23.4 Å². The molecule has 2 unspecified atom stereocenters. The van der Waals surface area contributed by atoms with Crippen LogP contribution in [0.15, 0.2) is 77.4 Å². The van der Waals surface area contributed by atoms with E-state index in [1.807, 2.05) is 49.4 Å². The van der Waals surface area contributed by atoms with Gasteiger partial charge in [-0.3, -0.25) is 9.59 Å². The summed E-state index contributed by atoms with van der Waals surface area (Å²) in [5.41, 5.74) is 1.83. The summed E-state index contributed by atoms with van der Waals surface area (Å²) in [6.07, 6.45) is 1.78. The second-order valence-corrected chi connectivity index (χ2v) is 6.91. The van der Waals surface area contributed by atoms with Gasteiger partial charge >= 0.3 is 0 Å². The number of carbonyl (C=O) groups excluding carboxylic acids is 2. The lowest BCUT2D eigenvalue weighted by atomic mass is 10.0. The molecule has 2 amide bonds. The molecule has 0 radical (unpaired) electrons. The molecule has 28 heavy (non-hydrogen) atoms. The Labute approximate surface area is 168 Å². The molecule has 3 aromatic rings. The number of furan rings is 1. The van der Waals surface area contributed by atoms with Gasteiger partial charge in [-0.15, -0.1) is 0 Å². The molecule has 0 bridgehead atoms. The Kier molecular flexibility index (Phi) is 6.50. The monoisotopic (exact) mass is 396 g/mol. The third-order valence-corrected chi connectivity index (χ3v) is 4.59. The molecule has 2 atom stereocenters. The molecule has 6 heteroatoms. The number of benzene rings is 2. The SMILES string of the molecule is CC(NC(=O)C(Cc1ccccc1)NC(=O)c1ccco1)c1cccc(Cl)c1. The lowest BCUT2D eigenvalue weighted by Gasteiger charge is -2.21. The van der Waals surface area contributed by atoms with E-state index in [9.17, 15) is 9.59 Å². The Hall–Kier alpha value is -3.05. The highest BCUT2D eigenvalue weighted by Gasteiger charge is 2.24. The molecule has 1 heterocycles. The Morgan fingerprint density at radius 2 is 1.79 bits per heavy atom. The first-order chi connectivity index (χ1) is 13.5. The van der Waals surface area contributed by atoms with E-state index in [0.717, 1.165) is 11.1 Å². The highest BCUT2D eigenvalue weighted by molar-refractivity contribution is 6.30. The molecule has 5 nitrogen and oxygen atoms in total. The number of amides is 2. The van der Waals surface area contributed by atoms with E-state index in [1.165, 1.54) is 6.26 Å². The largest absolute Gasteiger partial charge is 0.459 e. The molecule has 1 aromatic heterocycles. The maximum absolute atomic E-state index is 12.9. The van der Waals surface area contributed by atoms with Gasteiger partial charge in [0.15, 0.2) is 5.76 Å². The molecule has 2 N–H and O–H groups in total. The van der Waals surface area contributed by atoms with Gasteiger partial charge in [-0.25, -0.2) is 0 Å². The Morgan fingerprint density at radius 1 is 1.00 bits per heavy atom. The third-order valence-electron chi connectivity index (χ3n) is 4.36. The predicted molar refractivity (Wildman–Crippen MR) is 108 cm³/mol. The first kappa shape index (κ1) is 19.7. The molecule has 0 spiro atoms. The van der Waals surface area contributed by atoms with Crippen molar-refractivity contribution in [1.82, 2.24) is 10.6 Å². The summed E-state index contributed by atoms with van der Waals surface area (Å²) in [7, 11) is 0. The minimum absolute atomic E-state index is 0.161. The van der Waals surface area contributed by atoms with E-state index in [1.54, 1.807) is 24.3 Å². The van der Waals surface area contributed by atoms with Crippen molar-refractivity contribution in [2.75, 3.05) is 0 Å². The summed E-state index contributed by atoms with van der Waals surface area (Å²) in [6.45, 7) is 1.87. The third kappa shape index (κ3) is 5.24. The smallest absolute Gasteiger partial charge is 0.287 e. The van der Waals surface area contributed by atoms with Crippen LogP contribution in [-0.2, 0) is 11.2 Å². The van der Waals surface area contributed by atoms with E-state index in [4.69, 9.17) is 16.0 Å². The summed E-state index contributed by atoms with van der Waals surface area (Å²) >= 11 is 6.04. The average molecular weight is 397 g/mol. The predicted octanol–water partition coefficient (Wildman–Crippen LogP) is 4.15.